The molecule has 0 fully saturated rings. The van der Waals surface area contributed by atoms with E-state index in [4.69, 9.17) is 9.47 Å². The van der Waals surface area contributed by atoms with Crippen LogP contribution in [0, 0.1) is 6.92 Å². The molecular formula is C24H25N2O3+. The van der Waals surface area contributed by atoms with Crippen LogP contribution in [0.3, 0.4) is 0 Å². The Kier molecular flexibility index (Phi) is 5.49. The highest BCUT2D eigenvalue weighted by Gasteiger charge is 2.25. The lowest BCUT2D eigenvalue weighted by Gasteiger charge is -2.21. The molecule has 4 rings (SSSR count). The molecule has 0 radical (unpaired) electrons. The molecule has 0 saturated carbocycles. The van der Waals surface area contributed by atoms with E-state index >= 15 is 0 Å². The summed E-state index contributed by atoms with van der Waals surface area (Å²) < 4.78 is 10.7. The average Bonchev–Trinajstić information content (AvgIpc) is 3.21. The van der Waals surface area contributed by atoms with E-state index in [1.165, 1.54) is 16.7 Å². The molecule has 29 heavy (non-hydrogen) atoms. The van der Waals surface area contributed by atoms with Crippen molar-refractivity contribution in [3.63, 3.8) is 0 Å². The van der Waals surface area contributed by atoms with Gasteiger partial charge in [0.05, 0.1) is 0 Å². The second-order valence-electron chi connectivity index (χ2n) is 7.34. The van der Waals surface area contributed by atoms with Crippen LogP contribution in [-0.4, -0.2) is 18.7 Å². The van der Waals surface area contributed by atoms with Crippen LogP contribution in [-0.2, 0) is 4.79 Å². The summed E-state index contributed by atoms with van der Waals surface area (Å²) in [6, 6.07) is 23.9. The van der Waals surface area contributed by atoms with Crippen molar-refractivity contribution in [2.75, 3.05) is 12.1 Å². The summed E-state index contributed by atoms with van der Waals surface area (Å²) in [5.74, 6) is 1.30. The smallest absolute Gasteiger partial charge is 0.282 e. The van der Waals surface area contributed by atoms with E-state index in [9.17, 15) is 4.79 Å². The number of carbonyl (C=O) groups excluding carboxylic acids is 1. The van der Waals surface area contributed by atoms with Gasteiger partial charge < -0.3 is 20.1 Å². The maximum Gasteiger partial charge on any atom is 0.282 e. The van der Waals surface area contributed by atoms with Gasteiger partial charge in [0.25, 0.3) is 5.91 Å². The van der Waals surface area contributed by atoms with E-state index < -0.39 is 0 Å². The van der Waals surface area contributed by atoms with Crippen molar-refractivity contribution >= 4 is 11.6 Å². The molecule has 1 amide bonds. The third-order valence-electron chi connectivity index (χ3n) is 5.13. The van der Waals surface area contributed by atoms with E-state index in [0.29, 0.717) is 17.2 Å². The fraction of sp³-hybridized carbons (Fsp3) is 0.208. The first-order valence-corrected chi connectivity index (χ1v) is 9.77. The second-order valence-corrected chi connectivity index (χ2v) is 7.34. The van der Waals surface area contributed by atoms with Crippen molar-refractivity contribution < 1.29 is 19.6 Å². The van der Waals surface area contributed by atoms with Gasteiger partial charge in [-0.3, -0.25) is 4.79 Å². The number of rotatable bonds is 6. The molecule has 3 aromatic carbocycles. The minimum Gasteiger partial charge on any atom is -0.454 e. The first-order valence-electron chi connectivity index (χ1n) is 9.77. The zero-order chi connectivity index (χ0) is 20.2. The summed E-state index contributed by atoms with van der Waals surface area (Å²) in [7, 11) is 0. The topological polar surface area (TPSA) is 64.2 Å². The van der Waals surface area contributed by atoms with Crippen molar-refractivity contribution in [3.8, 4) is 11.5 Å². The number of hydrogen-bond acceptors (Lipinski definition) is 3. The van der Waals surface area contributed by atoms with Gasteiger partial charge in [0.15, 0.2) is 17.5 Å². The molecule has 1 aliphatic heterocycles. The Bertz CT molecular complexity index is 987. The monoisotopic (exact) mass is 389 g/mol. The molecule has 5 heteroatoms. The number of nitrogens with one attached hydrogen (secondary N) is 1. The number of ether oxygens (including phenoxy) is 2. The summed E-state index contributed by atoms with van der Waals surface area (Å²) in [6.45, 7) is 4.21. The van der Waals surface area contributed by atoms with Crippen LogP contribution in [0.25, 0.3) is 0 Å². The average molecular weight is 389 g/mol. The summed E-state index contributed by atoms with van der Waals surface area (Å²) >= 11 is 0. The Balaban J connectivity index is 1.50. The molecule has 2 atom stereocenters. The van der Waals surface area contributed by atoms with Gasteiger partial charge in [-0.1, -0.05) is 60.2 Å². The molecule has 3 aromatic rings. The van der Waals surface area contributed by atoms with Crippen molar-refractivity contribution in [3.05, 3.63) is 89.5 Å². The Labute approximate surface area is 170 Å². The number of benzene rings is 3. The van der Waals surface area contributed by atoms with E-state index in [-0.39, 0.29) is 24.8 Å². The quantitative estimate of drug-likeness (QED) is 0.679. The Morgan fingerprint density at radius 1 is 0.931 bits per heavy atom. The molecule has 148 valence electrons. The summed E-state index contributed by atoms with van der Waals surface area (Å²) in [5, 5.41) is 5.08. The number of anilines is 1. The van der Waals surface area contributed by atoms with Gasteiger partial charge in [-0.15, -0.1) is 0 Å². The lowest BCUT2D eigenvalue weighted by Crippen LogP contribution is -2.92. The van der Waals surface area contributed by atoms with Gasteiger partial charge >= 0.3 is 0 Å². The van der Waals surface area contributed by atoms with E-state index in [0.717, 1.165) is 0 Å². The first kappa shape index (κ1) is 19.0. The molecule has 0 bridgehead atoms. The summed E-state index contributed by atoms with van der Waals surface area (Å²) in [5.41, 5.74) is 4.25. The van der Waals surface area contributed by atoms with Gasteiger partial charge in [-0.2, -0.15) is 0 Å². The van der Waals surface area contributed by atoms with Crippen LogP contribution in [0.4, 0.5) is 5.69 Å². The normalized spacial score (nSPS) is 14.3. The Morgan fingerprint density at radius 2 is 1.62 bits per heavy atom. The van der Waals surface area contributed by atoms with Gasteiger partial charge in [0.2, 0.25) is 6.79 Å². The molecule has 3 N–H and O–H groups in total. The van der Waals surface area contributed by atoms with Crippen molar-refractivity contribution in [2.24, 2.45) is 0 Å². The Hall–Kier alpha value is -3.31. The van der Waals surface area contributed by atoms with Gasteiger partial charge in [0.1, 0.15) is 6.04 Å². The molecule has 1 heterocycles. The van der Waals surface area contributed by atoms with Gasteiger partial charge in [-0.25, -0.2) is 0 Å². The highest BCUT2D eigenvalue weighted by atomic mass is 16.7. The van der Waals surface area contributed by atoms with E-state index in [2.05, 4.69) is 54.0 Å². The number of amides is 1. The zero-order valence-corrected chi connectivity index (χ0v) is 16.6. The van der Waals surface area contributed by atoms with Crippen LogP contribution >= 0.6 is 0 Å². The van der Waals surface area contributed by atoms with Crippen LogP contribution in [0.1, 0.15) is 29.7 Å². The van der Waals surface area contributed by atoms with Crippen LogP contribution in [0.5, 0.6) is 11.5 Å². The minimum atomic E-state index is -0.285. The predicted octanol–water partition coefficient (Wildman–Crippen LogP) is 3.40. The van der Waals surface area contributed by atoms with Gasteiger partial charge in [-0.05, 0) is 26.0 Å². The van der Waals surface area contributed by atoms with Crippen molar-refractivity contribution in [1.82, 2.24) is 0 Å². The summed E-state index contributed by atoms with van der Waals surface area (Å²) in [6.07, 6.45) is 0. The molecule has 0 aromatic heterocycles. The fourth-order valence-corrected chi connectivity index (χ4v) is 3.46. The standard InChI is InChI=1S/C24H24N2O3/c1-16-8-10-19(11-9-16)23(18-6-4-3-5-7-18)25-17(2)24(27)26-20-12-13-21-22(14-20)29-15-28-21/h3-14,17,23,25H,15H2,1-2H3,(H,26,27)/p+1/t17-,23-/m0/s1. The fourth-order valence-electron chi connectivity index (χ4n) is 3.46. The maximum atomic E-state index is 12.9. The Morgan fingerprint density at radius 3 is 2.38 bits per heavy atom. The maximum absolute atomic E-state index is 12.9. The molecular weight excluding hydrogens is 364 g/mol. The van der Waals surface area contributed by atoms with Crippen molar-refractivity contribution in [2.45, 2.75) is 25.9 Å². The number of hydrogen-bond donors (Lipinski definition) is 2. The highest BCUT2D eigenvalue weighted by molar-refractivity contribution is 5.93. The van der Waals surface area contributed by atoms with Gasteiger partial charge in [0, 0.05) is 22.9 Å². The zero-order valence-electron chi connectivity index (χ0n) is 16.6. The molecule has 5 nitrogen and oxygen atoms in total. The third-order valence-corrected chi connectivity index (χ3v) is 5.13. The number of nitrogens with two attached hydrogens (primary N) is 1. The van der Waals surface area contributed by atoms with Crippen LogP contribution in [0.15, 0.2) is 72.8 Å². The molecule has 0 unspecified atom stereocenters. The molecule has 0 aliphatic carbocycles. The number of quaternary nitrogens is 1. The third kappa shape index (κ3) is 4.41. The summed E-state index contributed by atoms with van der Waals surface area (Å²) in [4.78, 5) is 12.9. The lowest BCUT2D eigenvalue weighted by atomic mass is 9.97. The van der Waals surface area contributed by atoms with E-state index in [1.54, 1.807) is 6.07 Å². The number of carbonyl (C=O) groups is 1. The van der Waals surface area contributed by atoms with E-state index in [1.807, 2.05) is 37.3 Å². The van der Waals surface area contributed by atoms with Crippen LogP contribution in [0.2, 0.25) is 0 Å². The number of fused-ring (bicyclic) bond motifs is 1. The lowest BCUT2D eigenvalue weighted by molar-refractivity contribution is -0.704. The second kappa shape index (κ2) is 8.37. The largest absolute Gasteiger partial charge is 0.454 e. The minimum absolute atomic E-state index is 0.0364. The highest BCUT2D eigenvalue weighted by Crippen LogP contribution is 2.34. The molecule has 0 spiro atoms. The van der Waals surface area contributed by atoms with Crippen LogP contribution < -0.4 is 20.1 Å². The molecule has 1 aliphatic rings. The SMILES string of the molecule is Cc1ccc([C@@H]([NH2+][C@@H](C)C(=O)Nc2ccc3c(c2)OCO3)c2ccccc2)cc1. The number of aryl methyl sites for hydroxylation is 1. The predicted molar refractivity (Wildman–Crippen MR) is 112 cm³/mol. The van der Waals surface area contributed by atoms with Crippen molar-refractivity contribution in [1.29, 1.82) is 0 Å². The molecule has 0 saturated heterocycles. The first-order chi connectivity index (χ1) is 14.1.